The lowest BCUT2D eigenvalue weighted by molar-refractivity contribution is 0.0908. The van der Waals surface area contributed by atoms with E-state index in [4.69, 9.17) is 0 Å². The summed E-state index contributed by atoms with van der Waals surface area (Å²) in [6.07, 6.45) is 2.62. The molecule has 19 heavy (non-hydrogen) atoms. The van der Waals surface area contributed by atoms with Gasteiger partial charge in [0.15, 0.2) is 0 Å². The van der Waals surface area contributed by atoms with E-state index in [0.29, 0.717) is 18.2 Å². The Morgan fingerprint density at radius 1 is 1.58 bits per heavy atom. The minimum absolute atomic E-state index is 0.110. The van der Waals surface area contributed by atoms with Crippen LogP contribution >= 0.6 is 0 Å². The normalized spacial score (nSPS) is 23.0. The van der Waals surface area contributed by atoms with Crippen LogP contribution in [0.5, 0.6) is 0 Å². The fourth-order valence-electron chi connectivity index (χ4n) is 2.55. The predicted octanol–water partition coefficient (Wildman–Crippen LogP) is 1.43. The summed E-state index contributed by atoms with van der Waals surface area (Å²) in [5, 5.41) is 17.0. The van der Waals surface area contributed by atoms with E-state index in [9.17, 15) is 9.90 Å². The second-order valence-electron chi connectivity index (χ2n) is 5.70. The summed E-state index contributed by atoms with van der Waals surface area (Å²) < 4.78 is 1.62. The van der Waals surface area contributed by atoms with Crippen molar-refractivity contribution in [2.75, 3.05) is 6.54 Å². The van der Waals surface area contributed by atoms with E-state index in [2.05, 4.69) is 24.3 Å². The van der Waals surface area contributed by atoms with E-state index in [1.165, 1.54) is 0 Å². The van der Waals surface area contributed by atoms with Crippen LogP contribution in [0.25, 0.3) is 0 Å². The SMILES string of the molecule is CC(C)c1cc(C(=O)NCC2CCCC2O)n(C)n1. The van der Waals surface area contributed by atoms with Gasteiger partial charge in [0, 0.05) is 19.5 Å². The Morgan fingerprint density at radius 3 is 2.84 bits per heavy atom. The highest BCUT2D eigenvalue weighted by Gasteiger charge is 2.26. The summed E-state index contributed by atoms with van der Waals surface area (Å²) in [7, 11) is 1.78. The van der Waals surface area contributed by atoms with Crippen molar-refractivity contribution < 1.29 is 9.90 Å². The number of rotatable bonds is 4. The summed E-state index contributed by atoms with van der Waals surface area (Å²) in [5.41, 5.74) is 1.50. The first-order valence-corrected chi connectivity index (χ1v) is 6.99. The number of aliphatic hydroxyl groups is 1. The summed E-state index contributed by atoms with van der Waals surface area (Å²) >= 11 is 0. The second-order valence-corrected chi connectivity index (χ2v) is 5.70. The highest BCUT2D eigenvalue weighted by atomic mass is 16.3. The Kier molecular flexibility index (Phi) is 4.24. The summed E-state index contributed by atoms with van der Waals surface area (Å²) in [5.74, 6) is 0.396. The van der Waals surface area contributed by atoms with E-state index in [1.807, 2.05) is 6.07 Å². The Balaban J connectivity index is 1.96. The molecule has 0 spiro atoms. The average molecular weight is 265 g/mol. The first-order chi connectivity index (χ1) is 8.99. The maximum atomic E-state index is 12.1. The number of hydrogen-bond donors (Lipinski definition) is 2. The summed E-state index contributed by atoms with van der Waals surface area (Å²) in [6.45, 7) is 4.65. The molecule has 1 heterocycles. The third kappa shape index (κ3) is 3.15. The van der Waals surface area contributed by atoms with E-state index in [-0.39, 0.29) is 17.9 Å². The minimum Gasteiger partial charge on any atom is -0.393 e. The van der Waals surface area contributed by atoms with Crippen molar-refractivity contribution in [3.63, 3.8) is 0 Å². The molecule has 0 aliphatic heterocycles. The van der Waals surface area contributed by atoms with Gasteiger partial charge in [0.1, 0.15) is 5.69 Å². The molecule has 1 aliphatic carbocycles. The van der Waals surface area contributed by atoms with Crippen LogP contribution in [0.4, 0.5) is 0 Å². The molecule has 5 nitrogen and oxygen atoms in total. The maximum absolute atomic E-state index is 12.1. The molecule has 0 aromatic carbocycles. The van der Waals surface area contributed by atoms with Gasteiger partial charge >= 0.3 is 0 Å². The highest BCUT2D eigenvalue weighted by molar-refractivity contribution is 5.92. The van der Waals surface area contributed by atoms with Crippen molar-refractivity contribution >= 4 is 5.91 Å². The lowest BCUT2D eigenvalue weighted by Crippen LogP contribution is -2.33. The molecule has 0 saturated heterocycles. The number of hydrogen-bond acceptors (Lipinski definition) is 3. The van der Waals surface area contributed by atoms with E-state index in [0.717, 1.165) is 25.0 Å². The van der Waals surface area contributed by atoms with E-state index in [1.54, 1.807) is 11.7 Å². The van der Waals surface area contributed by atoms with Gasteiger partial charge in [-0.15, -0.1) is 0 Å². The van der Waals surface area contributed by atoms with E-state index < -0.39 is 0 Å². The van der Waals surface area contributed by atoms with Gasteiger partial charge in [-0.2, -0.15) is 5.10 Å². The number of nitrogens with one attached hydrogen (secondary N) is 1. The Morgan fingerprint density at radius 2 is 2.32 bits per heavy atom. The van der Waals surface area contributed by atoms with Crippen molar-refractivity contribution in [1.82, 2.24) is 15.1 Å². The molecule has 1 fully saturated rings. The quantitative estimate of drug-likeness (QED) is 0.865. The molecule has 0 radical (unpaired) electrons. The molecular formula is C14H23N3O2. The van der Waals surface area contributed by atoms with Crippen molar-refractivity contribution in [2.24, 2.45) is 13.0 Å². The summed E-state index contributed by atoms with van der Waals surface area (Å²) in [6, 6.07) is 1.84. The molecule has 2 atom stereocenters. The molecule has 2 rings (SSSR count). The van der Waals surface area contributed by atoms with Crippen LogP contribution in [0.2, 0.25) is 0 Å². The predicted molar refractivity (Wildman–Crippen MR) is 73.0 cm³/mol. The third-order valence-electron chi connectivity index (χ3n) is 3.87. The molecule has 0 bridgehead atoms. The van der Waals surface area contributed by atoms with Gasteiger partial charge in [-0.25, -0.2) is 0 Å². The monoisotopic (exact) mass is 265 g/mol. The first kappa shape index (κ1) is 14.1. The smallest absolute Gasteiger partial charge is 0.269 e. The molecule has 5 heteroatoms. The lowest BCUT2D eigenvalue weighted by atomic mass is 10.1. The first-order valence-electron chi connectivity index (χ1n) is 6.99. The molecule has 1 saturated carbocycles. The fraction of sp³-hybridized carbons (Fsp3) is 0.714. The zero-order chi connectivity index (χ0) is 14.0. The van der Waals surface area contributed by atoms with Crippen molar-refractivity contribution in [1.29, 1.82) is 0 Å². The average Bonchev–Trinajstić information content (AvgIpc) is 2.93. The van der Waals surface area contributed by atoms with Crippen molar-refractivity contribution in [2.45, 2.75) is 45.1 Å². The topological polar surface area (TPSA) is 67.2 Å². The van der Waals surface area contributed by atoms with Crippen LogP contribution in [0.15, 0.2) is 6.07 Å². The number of aryl methyl sites for hydroxylation is 1. The number of aliphatic hydroxyl groups excluding tert-OH is 1. The van der Waals surface area contributed by atoms with E-state index >= 15 is 0 Å². The molecule has 1 aromatic rings. The van der Waals surface area contributed by atoms with Crippen molar-refractivity contribution in [3.05, 3.63) is 17.5 Å². The number of carbonyl (C=O) groups is 1. The van der Waals surface area contributed by atoms with Crippen LogP contribution in [-0.2, 0) is 7.05 Å². The molecule has 2 unspecified atom stereocenters. The van der Waals surface area contributed by atoms with Crippen LogP contribution in [-0.4, -0.2) is 33.4 Å². The van der Waals surface area contributed by atoms with Crippen LogP contribution < -0.4 is 5.32 Å². The Hall–Kier alpha value is -1.36. The fourth-order valence-corrected chi connectivity index (χ4v) is 2.55. The number of nitrogens with zero attached hydrogens (tertiary/aromatic N) is 2. The highest BCUT2D eigenvalue weighted by Crippen LogP contribution is 2.24. The van der Waals surface area contributed by atoms with Crippen LogP contribution in [0.1, 0.15) is 55.2 Å². The Bertz CT molecular complexity index is 454. The number of amides is 1. The number of carbonyl (C=O) groups excluding carboxylic acids is 1. The van der Waals surface area contributed by atoms with Gasteiger partial charge in [0.25, 0.3) is 5.91 Å². The van der Waals surface area contributed by atoms with Crippen molar-refractivity contribution in [3.8, 4) is 0 Å². The van der Waals surface area contributed by atoms with Gasteiger partial charge in [-0.3, -0.25) is 9.48 Å². The zero-order valence-corrected chi connectivity index (χ0v) is 11.9. The van der Waals surface area contributed by atoms with Gasteiger partial charge in [0.05, 0.1) is 11.8 Å². The zero-order valence-electron chi connectivity index (χ0n) is 11.9. The lowest BCUT2D eigenvalue weighted by Gasteiger charge is -2.14. The second kappa shape index (κ2) is 5.74. The van der Waals surface area contributed by atoms with Crippen LogP contribution in [0.3, 0.4) is 0 Å². The van der Waals surface area contributed by atoms with Crippen LogP contribution in [0, 0.1) is 5.92 Å². The van der Waals surface area contributed by atoms with Gasteiger partial charge in [0.2, 0.25) is 0 Å². The largest absolute Gasteiger partial charge is 0.393 e. The molecule has 1 amide bonds. The Labute approximate surface area is 114 Å². The molecule has 106 valence electrons. The summed E-state index contributed by atoms with van der Waals surface area (Å²) in [4.78, 5) is 12.1. The van der Waals surface area contributed by atoms with Gasteiger partial charge in [-0.05, 0) is 24.8 Å². The molecular weight excluding hydrogens is 242 g/mol. The van der Waals surface area contributed by atoms with Gasteiger partial charge in [-0.1, -0.05) is 20.3 Å². The standard InChI is InChI=1S/C14H23N3O2/c1-9(2)11-7-12(17(3)16-11)14(19)15-8-10-5-4-6-13(10)18/h7,9-10,13,18H,4-6,8H2,1-3H3,(H,15,19). The van der Waals surface area contributed by atoms with Gasteiger partial charge < -0.3 is 10.4 Å². The molecule has 1 aliphatic rings. The number of aromatic nitrogens is 2. The minimum atomic E-state index is -0.266. The maximum Gasteiger partial charge on any atom is 0.269 e. The third-order valence-corrected chi connectivity index (χ3v) is 3.87. The molecule has 2 N–H and O–H groups in total. The molecule has 1 aromatic heterocycles.